The third kappa shape index (κ3) is 4.41. The highest BCUT2D eigenvalue weighted by molar-refractivity contribution is 6.51. The Morgan fingerprint density at radius 1 is 1.20 bits per heavy atom. The van der Waals surface area contributed by atoms with Gasteiger partial charge in [-0.05, 0) is 60.0 Å². The van der Waals surface area contributed by atoms with E-state index in [0.717, 1.165) is 5.39 Å². The van der Waals surface area contributed by atoms with Gasteiger partial charge in [0.15, 0.2) is 0 Å². The number of rotatable bonds is 4. The van der Waals surface area contributed by atoms with E-state index in [2.05, 4.69) is 4.98 Å². The Morgan fingerprint density at radius 3 is 2.40 bits per heavy atom. The molecule has 6 nitrogen and oxygen atoms in total. The Balaban J connectivity index is 2.35. The van der Waals surface area contributed by atoms with Gasteiger partial charge in [-0.15, -0.1) is 0 Å². The molecule has 7 heteroatoms. The predicted molar refractivity (Wildman–Crippen MR) is 98.2 cm³/mol. The van der Waals surface area contributed by atoms with E-state index in [4.69, 9.17) is 9.39 Å². The molecule has 0 amide bonds. The number of aromatic nitrogens is 2. The number of hydrogen-bond acceptors (Lipinski definition) is 5. The third-order valence-electron chi connectivity index (χ3n) is 4.18. The molecule has 2 rings (SSSR count). The van der Waals surface area contributed by atoms with Crippen molar-refractivity contribution in [2.45, 2.75) is 65.3 Å². The van der Waals surface area contributed by atoms with Gasteiger partial charge in [-0.3, -0.25) is 9.55 Å². The van der Waals surface area contributed by atoms with Crippen LogP contribution in [-0.2, 0) is 9.39 Å². The van der Waals surface area contributed by atoms with Gasteiger partial charge in [0.25, 0.3) is 0 Å². The number of carbonyl (C=O) groups is 1. The van der Waals surface area contributed by atoms with E-state index in [1.54, 1.807) is 59.8 Å². The van der Waals surface area contributed by atoms with Crippen LogP contribution in [0, 0.1) is 0 Å². The summed E-state index contributed by atoms with van der Waals surface area (Å²) in [6.07, 6.45) is 4.47. The summed E-state index contributed by atoms with van der Waals surface area (Å²) in [6.45, 7) is 12.4. The lowest BCUT2D eigenvalue weighted by atomic mass is 9.83. The highest BCUT2D eigenvalue weighted by Crippen LogP contribution is 2.24. The Morgan fingerprint density at radius 2 is 1.84 bits per heavy atom. The number of carbonyl (C=O) groups excluding carboxylic acids is 1. The molecule has 0 aliphatic heterocycles. The molecule has 0 saturated heterocycles. The number of aliphatic hydroxyl groups is 1. The molecule has 135 valence electrons. The Hall–Kier alpha value is -1.86. The van der Waals surface area contributed by atoms with E-state index >= 15 is 0 Å². The molecule has 1 radical (unpaired) electrons. The summed E-state index contributed by atoms with van der Waals surface area (Å²) in [5.41, 5.74) is -1.07. The molecule has 0 unspecified atom stereocenters. The van der Waals surface area contributed by atoms with E-state index in [-0.39, 0.29) is 0 Å². The van der Waals surface area contributed by atoms with Crippen molar-refractivity contribution in [1.29, 1.82) is 0 Å². The first kappa shape index (κ1) is 19.5. The highest BCUT2D eigenvalue weighted by Gasteiger charge is 2.36. The summed E-state index contributed by atoms with van der Waals surface area (Å²) in [5.74, 6) is 0. The van der Waals surface area contributed by atoms with Gasteiger partial charge in [0.05, 0.1) is 16.7 Å². The van der Waals surface area contributed by atoms with Crippen LogP contribution in [-0.4, -0.2) is 45.0 Å². The molecule has 0 bridgehead atoms. The van der Waals surface area contributed by atoms with Gasteiger partial charge < -0.3 is 14.5 Å². The zero-order valence-corrected chi connectivity index (χ0v) is 16.0. The van der Waals surface area contributed by atoms with Gasteiger partial charge in [-0.25, -0.2) is 4.79 Å². The monoisotopic (exact) mass is 345 g/mol. The van der Waals surface area contributed by atoms with E-state index < -0.39 is 22.9 Å². The molecule has 2 aromatic rings. The summed E-state index contributed by atoms with van der Waals surface area (Å²) in [5, 5.41) is 11.0. The number of pyridine rings is 1. The van der Waals surface area contributed by atoms with Crippen molar-refractivity contribution < 1.29 is 19.3 Å². The summed E-state index contributed by atoms with van der Waals surface area (Å²) >= 11 is 0. The van der Waals surface area contributed by atoms with Crippen molar-refractivity contribution >= 4 is 29.9 Å². The molecule has 2 heterocycles. The van der Waals surface area contributed by atoms with Gasteiger partial charge >= 0.3 is 13.6 Å². The average Bonchev–Trinajstić information content (AvgIpc) is 2.81. The zero-order chi connectivity index (χ0) is 19.0. The van der Waals surface area contributed by atoms with Crippen molar-refractivity contribution in [3.05, 3.63) is 24.7 Å². The lowest BCUT2D eigenvalue weighted by Gasteiger charge is -2.37. The normalized spacial score (nSPS) is 13.1. The molecular formula is C18H26BN2O4. The minimum atomic E-state index is -1.04. The predicted octanol–water partition coefficient (Wildman–Crippen LogP) is 2.63. The summed E-state index contributed by atoms with van der Waals surface area (Å²) < 4.78 is 12.7. The van der Waals surface area contributed by atoms with Crippen LogP contribution in [0.15, 0.2) is 24.7 Å². The largest absolute Gasteiger partial charge is 0.443 e. The fourth-order valence-corrected chi connectivity index (χ4v) is 2.01. The number of hydrogen-bond donors (Lipinski definition) is 1. The summed E-state index contributed by atoms with van der Waals surface area (Å²) in [6, 6.07) is 1.75. The van der Waals surface area contributed by atoms with Crippen molar-refractivity contribution in [2.24, 2.45) is 0 Å². The van der Waals surface area contributed by atoms with Crippen LogP contribution in [0.5, 0.6) is 0 Å². The first-order valence-electron chi connectivity index (χ1n) is 8.24. The van der Waals surface area contributed by atoms with E-state index in [9.17, 15) is 9.90 Å². The van der Waals surface area contributed by atoms with Crippen LogP contribution in [0.2, 0.25) is 0 Å². The minimum absolute atomic E-state index is 0.468. The first-order valence-corrected chi connectivity index (χ1v) is 8.24. The Kier molecular flexibility index (Phi) is 5.03. The van der Waals surface area contributed by atoms with E-state index in [0.29, 0.717) is 11.0 Å². The molecular weight excluding hydrogens is 319 g/mol. The molecule has 2 aromatic heterocycles. The highest BCUT2D eigenvalue weighted by atomic mass is 16.6. The molecule has 0 fully saturated rings. The van der Waals surface area contributed by atoms with Crippen LogP contribution in [0.1, 0.15) is 48.5 Å². The molecule has 25 heavy (non-hydrogen) atoms. The summed E-state index contributed by atoms with van der Waals surface area (Å²) in [7, 11) is 1.54. The number of ether oxygens (including phenoxy) is 1. The van der Waals surface area contributed by atoms with Gasteiger partial charge in [0.2, 0.25) is 0 Å². The van der Waals surface area contributed by atoms with E-state index in [1.165, 1.54) is 4.57 Å². The van der Waals surface area contributed by atoms with E-state index in [1.807, 2.05) is 20.8 Å². The lowest BCUT2D eigenvalue weighted by molar-refractivity contribution is -0.0893. The minimum Gasteiger partial charge on any atom is -0.443 e. The van der Waals surface area contributed by atoms with Gasteiger partial charge in [0, 0.05) is 24.0 Å². The van der Waals surface area contributed by atoms with Crippen molar-refractivity contribution in [2.75, 3.05) is 0 Å². The Labute approximate surface area is 149 Å². The van der Waals surface area contributed by atoms with Crippen LogP contribution < -0.4 is 5.46 Å². The second-order valence-electron chi connectivity index (χ2n) is 8.13. The second kappa shape index (κ2) is 6.46. The average molecular weight is 345 g/mol. The van der Waals surface area contributed by atoms with Gasteiger partial charge in [-0.1, -0.05) is 0 Å². The fourth-order valence-electron chi connectivity index (χ4n) is 2.01. The molecule has 0 aliphatic rings. The van der Waals surface area contributed by atoms with Crippen molar-refractivity contribution in [3.8, 4) is 0 Å². The smallest absolute Gasteiger partial charge is 0.418 e. The zero-order valence-electron chi connectivity index (χ0n) is 16.0. The molecule has 0 spiro atoms. The van der Waals surface area contributed by atoms with Crippen LogP contribution in [0.3, 0.4) is 0 Å². The van der Waals surface area contributed by atoms with Crippen LogP contribution in [0.25, 0.3) is 10.9 Å². The fraction of sp³-hybridized carbons (Fsp3) is 0.556. The lowest BCUT2D eigenvalue weighted by Crippen LogP contribution is -2.49. The van der Waals surface area contributed by atoms with Crippen molar-refractivity contribution in [3.63, 3.8) is 0 Å². The molecule has 1 N–H and O–H groups in total. The Bertz CT molecular complexity index is 769. The number of fused-ring (bicyclic) bond motifs is 1. The summed E-state index contributed by atoms with van der Waals surface area (Å²) in [4.78, 5) is 16.6. The molecule has 0 atom stereocenters. The second-order valence-corrected chi connectivity index (χ2v) is 8.13. The van der Waals surface area contributed by atoms with Crippen molar-refractivity contribution in [1.82, 2.24) is 9.55 Å². The SMILES string of the molecule is CC(C)(C)OC(=O)n1cc([B]OC(C)(C)C(C)(C)O)c2cnccc21. The quantitative estimate of drug-likeness (QED) is 0.863. The standard InChI is InChI=1S/C18H26BN2O4/c1-16(2,3)24-15(22)21-11-13(12-10-20-9-8-14(12)21)19-25-18(6,7)17(4,5)23/h8-11,23H,1-7H3. The first-order chi connectivity index (χ1) is 11.3. The van der Waals surface area contributed by atoms with Gasteiger partial charge in [0.1, 0.15) is 5.60 Å². The topological polar surface area (TPSA) is 73.6 Å². The maximum absolute atomic E-state index is 12.5. The molecule has 0 aromatic carbocycles. The maximum atomic E-state index is 12.5. The van der Waals surface area contributed by atoms with Crippen LogP contribution in [0.4, 0.5) is 4.79 Å². The molecule has 0 aliphatic carbocycles. The maximum Gasteiger partial charge on any atom is 0.418 e. The molecule has 0 saturated carbocycles. The third-order valence-corrected chi connectivity index (χ3v) is 4.18. The van der Waals surface area contributed by atoms with Gasteiger partial charge in [-0.2, -0.15) is 0 Å². The number of nitrogens with zero attached hydrogens (tertiary/aromatic N) is 2. The van der Waals surface area contributed by atoms with Crippen LogP contribution >= 0.6 is 0 Å².